The molecule has 6 nitrogen and oxygen atoms in total. The van der Waals surface area contributed by atoms with Gasteiger partial charge in [0, 0.05) is 19.3 Å². The Balaban J connectivity index is 1.37. The van der Waals surface area contributed by atoms with E-state index in [-0.39, 0.29) is 30.8 Å². The van der Waals surface area contributed by atoms with Gasteiger partial charge in [0.2, 0.25) is 23.6 Å². The average molecular weight is 530 g/mol. The van der Waals surface area contributed by atoms with E-state index >= 15 is 4.39 Å². The fourth-order valence-corrected chi connectivity index (χ4v) is 5.20. The molecular formula is C28H27F4N3O3. The lowest BCUT2D eigenvalue weighted by Gasteiger charge is -2.35. The predicted molar refractivity (Wildman–Crippen MR) is 130 cm³/mol. The molecule has 3 unspecified atom stereocenters. The van der Waals surface area contributed by atoms with Gasteiger partial charge >= 0.3 is 0 Å². The Morgan fingerprint density at radius 2 is 1.89 bits per heavy atom. The molecule has 2 fully saturated rings. The quantitative estimate of drug-likeness (QED) is 0.436. The number of rotatable bonds is 7. The van der Waals surface area contributed by atoms with Gasteiger partial charge in [-0.3, -0.25) is 9.59 Å². The van der Waals surface area contributed by atoms with Gasteiger partial charge in [0.05, 0.1) is 18.3 Å². The Morgan fingerprint density at radius 3 is 2.53 bits per heavy atom. The first kappa shape index (κ1) is 25.9. The fourth-order valence-electron chi connectivity index (χ4n) is 5.20. The number of oxazole rings is 1. The lowest BCUT2D eigenvalue weighted by molar-refractivity contribution is -0.138. The number of hydrogen-bond donors (Lipinski definition) is 1. The Hall–Kier alpha value is -3.69. The van der Waals surface area contributed by atoms with Gasteiger partial charge in [-0.25, -0.2) is 22.5 Å². The number of carbonyl (C=O) groups excluding carboxylic acids is 2. The van der Waals surface area contributed by atoms with Crippen LogP contribution in [0.1, 0.15) is 59.5 Å². The summed E-state index contributed by atoms with van der Waals surface area (Å²) in [6.45, 7) is 1.48. The van der Waals surface area contributed by atoms with Crippen LogP contribution in [0.25, 0.3) is 0 Å². The van der Waals surface area contributed by atoms with E-state index in [1.807, 2.05) is 0 Å². The van der Waals surface area contributed by atoms with Crippen molar-refractivity contribution in [3.8, 4) is 0 Å². The molecular weight excluding hydrogens is 502 g/mol. The molecule has 3 atom stereocenters. The van der Waals surface area contributed by atoms with Crippen LogP contribution < -0.4 is 5.32 Å². The molecule has 2 aliphatic rings. The van der Waals surface area contributed by atoms with Gasteiger partial charge in [-0.1, -0.05) is 42.5 Å². The summed E-state index contributed by atoms with van der Waals surface area (Å²) in [6, 6.07) is 11.3. The molecule has 1 saturated carbocycles. The van der Waals surface area contributed by atoms with Gasteiger partial charge in [-0.15, -0.1) is 0 Å². The number of amides is 2. The molecule has 10 heteroatoms. The third-order valence-electron chi connectivity index (χ3n) is 7.15. The van der Waals surface area contributed by atoms with E-state index in [0.717, 1.165) is 0 Å². The molecule has 200 valence electrons. The molecule has 2 aromatic carbocycles. The minimum atomic E-state index is -2.78. The number of aromatic nitrogens is 1. The Labute approximate surface area is 217 Å². The highest BCUT2D eigenvalue weighted by molar-refractivity contribution is 5.89. The maximum atomic E-state index is 15.0. The third kappa shape index (κ3) is 5.44. The Morgan fingerprint density at radius 1 is 1.16 bits per heavy atom. The van der Waals surface area contributed by atoms with Crippen molar-refractivity contribution in [3.63, 3.8) is 0 Å². The van der Waals surface area contributed by atoms with E-state index in [4.69, 9.17) is 4.42 Å². The highest BCUT2D eigenvalue weighted by Crippen LogP contribution is 2.49. The van der Waals surface area contributed by atoms with Crippen molar-refractivity contribution in [2.24, 2.45) is 0 Å². The molecule has 1 aliphatic carbocycles. The summed E-state index contributed by atoms with van der Waals surface area (Å²) in [7, 11) is 0. The first-order valence-electron chi connectivity index (χ1n) is 12.5. The second-order valence-corrected chi connectivity index (χ2v) is 10.0. The molecule has 2 heterocycles. The summed E-state index contributed by atoms with van der Waals surface area (Å²) < 4.78 is 61.4. The topological polar surface area (TPSA) is 75.4 Å². The van der Waals surface area contributed by atoms with Crippen molar-refractivity contribution >= 4 is 11.8 Å². The molecule has 1 saturated heterocycles. The average Bonchev–Trinajstić information content (AvgIpc) is 3.46. The molecule has 5 rings (SSSR count). The molecule has 0 radical (unpaired) electrons. The monoisotopic (exact) mass is 529 g/mol. The molecule has 3 aromatic rings. The molecule has 38 heavy (non-hydrogen) atoms. The minimum Gasteiger partial charge on any atom is -0.448 e. The SMILES string of the molecule is Cc1coc(CC(=O)N2CC(F)CC2C(=O)NC(c2ccccc2)c2ccc(C3CC(F)(F)C3)c(F)c2)n1. The highest BCUT2D eigenvalue weighted by atomic mass is 19.3. The van der Waals surface area contributed by atoms with Crippen LogP contribution in [0.2, 0.25) is 0 Å². The Kier molecular flexibility index (Phi) is 6.98. The Bertz CT molecular complexity index is 1320. The second-order valence-electron chi connectivity index (χ2n) is 10.0. The van der Waals surface area contributed by atoms with Crippen LogP contribution in [-0.4, -0.2) is 46.4 Å². The molecule has 2 amide bonds. The molecule has 1 aromatic heterocycles. The van der Waals surface area contributed by atoms with Gasteiger partial charge in [0.25, 0.3) is 0 Å². The minimum absolute atomic E-state index is 0.174. The molecule has 1 N–H and O–H groups in total. The largest absolute Gasteiger partial charge is 0.448 e. The van der Waals surface area contributed by atoms with Crippen molar-refractivity contribution in [1.82, 2.24) is 15.2 Å². The number of aryl methyl sites for hydroxylation is 1. The number of alkyl halides is 3. The predicted octanol–water partition coefficient (Wildman–Crippen LogP) is 5.02. The number of nitrogens with zero attached hydrogens (tertiary/aromatic N) is 2. The van der Waals surface area contributed by atoms with Crippen LogP contribution in [0.5, 0.6) is 0 Å². The highest BCUT2D eigenvalue weighted by Gasteiger charge is 2.47. The number of carbonyl (C=O) groups is 2. The maximum Gasteiger partial charge on any atom is 0.249 e. The number of likely N-dealkylation sites (tertiary alicyclic amines) is 1. The normalized spacial score (nSPS) is 21.7. The molecule has 1 aliphatic heterocycles. The third-order valence-corrected chi connectivity index (χ3v) is 7.15. The summed E-state index contributed by atoms with van der Waals surface area (Å²) in [4.78, 5) is 31.6. The van der Waals surface area contributed by atoms with E-state index < -0.39 is 60.6 Å². The molecule has 0 bridgehead atoms. The van der Waals surface area contributed by atoms with E-state index in [1.165, 1.54) is 23.3 Å². The van der Waals surface area contributed by atoms with Crippen molar-refractivity contribution in [2.75, 3.05) is 6.54 Å². The zero-order valence-electron chi connectivity index (χ0n) is 20.7. The summed E-state index contributed by atoms with van der Waals surface area (Å²) in [6.07, 6.45) is -1.16. The summed E-state index contributed by atoms with van der Waals surface area (Å²) in [5.74, 6) is -4.86. The van der Waals surface area contributed by atoms with Crippen LogP contribution in [-0.2, 0) is 16.0 Å². The summed E-state index contributed by atoms with van der Waals surface area (Å²) in [5.41, 5.74) is 1.86. The van der Waals surface area contributed by atoms with E-state index in [2.05, 4.69) is 10.3 Å². The summed E-state index contributed by atoms with van der Waals surface area (Å²) in [5, 5.41) is 2.86. The first-order valence-corrected chi connectivity index (χ1v) is 12.5. The van der Waals surface area contributed by atoms with Gasteiger partial charge in [0.15, 0.2) is 0 Å². The van der Waals surface area contributed by atoms with Gasteiger partial charge in [0.1, 0.15) is 30.7 Å². The van der Waals surface area contributed by atoms with Crippen molar-refractivity contribution in [3.05, 3.63) is 88.9 Å². The van der Waals surface area contributed by atoms with Crippen LogP contribution in [0.4, 0.5) is 17.6 Å². The van der Waals surface area contributed by atoms with Gasteiger partial charge in [-0.2, -0.15) is 0 Å². The van der Waals surface area contributed by atoms with Crippen LogP contribution >= 0.6 is 0 Å². The van der Waals surface area contributed by atoms with Gasteiger partial charge < -0.3 is 14.6 Å². The summed E-state index contributed by atoms with van der Waals surface area (Å²) >= 11 is 0. The first-order chi connectivity index (χ1) is 18.1. The zero-order chi connectivity index (χ0) is 27.0. The second kappa shape index (κ2) is 10.2. The molecule has 0 spiro atoms. The van der Waals surface area contributed by atoms with E-state index in [1.54, 1.807) is 43.3 Å². The van der Waals surface area contributed by atoms with Crippen molar-refractivity contribution in [1.29, 1.82) is 0 Å². The van der Waals surface area contributed by atoms with Crippen molar-refractivity contribution in [2.45, 2.75) is 62.7 Å². The lowest BCUT2D eigenvalue weighted by Crippen LogP contribution is -2.47. The van der Waals surface area contributed by atoms with Crippen LogP contribution in [0, 0.1) is 12.7 Å². The number of halogens is 4. The van der Waals surface area contributed by atoms with Crippen LogP contribution in [0.15, 0.2) is 59.2 Å². The van der Waals surface area contributed by atoms with E-state index in [0.29, 0.717) is 16.8 Å². The fraction of sp³-hybridized carbons (Fsp3) is 0.393. The van der Waals surface area contributed by atoms with E-state index in [9.17, 15) is 22.8 Å². The van der Waals surface area contributed by atoms with Gasteiger partial charge in [-0.05, 0) is 35.6 Å². The standard InChI is InChI=1S/C28H27F4N3O3/c1-16-15-38-24(33-16)11-25(36)35-14-20(29)10-23(35)27(37)34-26(17-5-3-2-4-6-17)18-7-8-21(22(30)9-18)19-12-28(31,32)13-19/h2-9,15,19-20,23,26H,10-14H2,1H3,(H,34,37). The maximum absolute atomic E-state index is 15.0. The zero-order valence-corrected chi connectivity index (χ0v) is 20.7. The smallest absolute Gasteiger partial charge is 0.249 e. The lowest BCUT2D eigenvalue weighted by atomic mass is 9.76. The number of benzene rings is 2. The van der Waals surface area contributed by atoms with Crippen molar-refractivity contribution < 1.29 is 31.6 Å². The number of hydrogen-bond acceptors (Lipinski definition) is 4. The van der Waals surface area contributed by atoms with Crippen LogP contribution in [0.3, 0.4) is 0 Å². The number of nitrogens with one attached hydrogen (secondary N) is 1.